The highest BCUT2D eigenvalue weighted by Gasteiger charge is 2.00. The van der Waals surface area contributed by atoms with Gasteiger partial charge in [0.15, 0.2) is 5.82 Å². The minimum atomic E-state index is 0.480. The number of rotatable bonds is 2. The third-order valence-electron chi connectivity index (χ3n) is 1.85. The van der Waals surface area contributed by atoms with Crippen molar-refractivity contribution in [3.63, 3.8) is 0 Å². The summed E-state index contributed by atoms with van der Waals surface area (Å²) in [5, 5.41) is 0. The molecule has 2 aromatic rings. The van der Waals surface area contributed by atoms with Crippen LogP contribution in [-0.4, -0.2) is 15.0 Å². The topological polar surface area (TPSA) is 64.7 Å². The molecule has 0 spiro atoms. The second-order valence-electron chi connectivity index (χ2n) is 2.86. The molecule has 0 radical (unpaired) electrons. The van der Waals surface area contributed by atoms with Crippen molar-refractivity contribution in [3.8, 4) is 11.4 Å². The summed E-state index contributed by atoms with van der Waals surface area (Å²) in [5.74, 6) is 0.676. The van der Waals surface area contributed by atoms with Gasteiger partial charge in [0, 0.05) is 36.9 Å². The van der Waals surface area contributed by atoms with Gasteiger partial charge in [0.25, 0.3) is 0 Å². The van der Waals surface area contributed by atoms with Gasteiger partial charge in [-0.05, 0) is 17.7 Å². The highest BCUT2D eigenvalue weighted by Crippen LogP contribution is 2.13. The zero-order chi connectivity index (χ0) is 9.80. The number of nitrogens with two attached hydrogens (primary N) is 1. The molecule has 0 amide bonds. The van der Waals surface area contributed by atoms with Crippen molar-refractivity contribution in [1.29, 1.82) is 0 Å². The van der Waals surface area contributed by atoms with Crippen molar-refractivity contribution < 1.29 is 0 Å². The molecule has 0 saturated heterocycles. The van der Waals surface area contributed by atoms with Crippen LogP contribution in [0.25, 0.3) is 11.4 Å². The van der Waals surface area contributed by atoms with E-state index >= 15 is 0 Å². The summed E-state index contributed by atoms with van der Waals surface area (Å²) >= 11 is 0. The Balaban J connectivity index is 2.42. The van der Waals surface area contributed by atoms with Gasteiger partial charge in [0.2, 0.25) is 0 Å². The van der Waals surface area contributed by atoms with E-state index in [0.29, 0.717) is 12.4 Å². The summed E-state index contributed by atoms with van der Waals surface area (Å²) in [5.41, 5.74) is 7.39. The number of hydrogen-bond acceptors (Lipinski definition) is 4. The molecule has 0 bridgehead atoms. The molecule has 4 nitrogen and oxygen atoms in total. The van der Waals surface area contributed by atoms with Gasteiger partial charge < -0.3 is 5.73 Å². The molecule has 0 aliphatic rings. The molecule has 2 aromatic heterocycles. The normalized spacial score (nSPS) is 10.1. The highest BCUT2D eigenvalue weighted by molar-refractivity contribution is 5.53. The third-order valence-corrected chi connectivity index (χ3v) is 1.85. The lowest BCUT2D eigenvalue weighted by atomic mass is 10.2. The van der Waals surface area contributed by atoms with Gasteiger partial charge in [-0.1, -0.05) is 0 Å². The summed E-state index contributed by atoms with van der Waals surface area (Å²) in [6.07, 6.45) is 6.88. The van der Waals surface area contributed by atoms with E-state index in [1.54, 1.807) is 30.9 Å². The largest absolute Gasteiger partial charge is 0.326 e. The maximum atomic E-state index is 5.52. The Bertz CT molecular complexity index is 413. The first-order valence-corrected chi connectivity index (χ1v) is 4.31. The molecule has 14 heavy (non-hydrogen) atoms. The van der Waals surface area contributed by atoms with Crippen LogP contribution in [0.15, 0.2) is 36.9 Å². The zero-order valence-corrected chi connectivity index (χ0v) is 7.59. The standard InChI is InChI=1S/C10H10N4/c11-5-8-4-9(7-12-6-8)10-13-2-1-3-14-10/h1-4,6-7H,5,11H2. The first-order valence-electron chi connectivity index (χ1n) is 4.31. The van der Waals surface area contributed by atoms with E-state index in [2.05, 4.69) is 15.0 Å². The molecule has 0 aliphatic heterocycles. The minimum Gasteiger partial charge on any atom is -0.326 e. The van der Waals surface area contributed by atoms with Gasteiger partial charge in [-0.3, -0.25) is 4.98 Å². The molecule has 2 N–H and O–H groups in total. The van der Waals surface area contributed by atoms with E-state index < -0.39 is 0 Å². The van der Waals surface area contributed by atoms with Crippen LogP contribution >= 0.6 is 0 Å². The van der Waals surface area contributed by atoms with Gasteiger partial charge >= 0.3 is 0 Å². The lowest BCUT2D eigenvalue weighted by Crippen LogP contribution is -1.97. The van der Waals surface area contributed by atoms with Crippen molar-refractivity contribution in [1.82, 2.24) is 15.0 Å². The van der Waals surface area contributed by atoms with Crippen molar-refractivity contribution in [2.75, 3.05) is 0 Å². The lowest BCUT2D eigenvalue weighted by Gasteiger charge is -2.00. The summed E-state index contributed by atoms with van der Waals surface area (Å²) < 4.78 is 0. The van der Waals surface area contributed by atoms with E-state index in [1.807, 2.05) is 6.07 Å². The smallest absolute Gasteiger partial charge is 0.160 e. The quantitative estimate of drug-likeness (QED) is 0.759. The van der Waals surface area contributed by atoms with Crippen LogP contribution in [0.4, 0.5) is 0 Å². The molecule has 0 aromatic carbocycles. The van der Waals surface area contributed by atoms with Gasteiger partial charge in [-0.25, -0.2) is 9.97 Å². The monoisotopic (exact) mass is 186 g/mol. The first kappa shape index (κ1) is 8.77. The molecule has 2 rings (SSSR count). The van der Waals surface area contributed by atoms with Crippen LogP contribution in [0.1, 0.15) is 5.56 Å². The summed E-state index contributed by atoms with van der Waals surface area (Å²) in [6.45, 7) is 0.480. The first-order chi connectivity index (χ1) is 6.90. The molecule has 0 saturated carbocycles. The fraction of sp³-hybridized carbons (Fsp3) is 0.100. The predicted molar refractivity (Wildman–Crippen MR) is 53.2 cm³/mol. The lowest BCUT2D eigenvalue weighted by molar-refractivity contribution is 1.04. The number of aromatic nitrogens is 3. The van der Waals surface area contributed by atoms with E-state index in [9.17, 15) is 0 Å². The molecule has 0 unspecified atom stereocenters. The highest BCUT2D eigenvalue weighted by atomic mass is 14.9. The van der Waals surface area contributed by atoms with Crippen LogP contribution < -0.4 is 5.73 Å². The average Bonchev–Trinajstić information content (AvgIpc) is 2.30. The second kappa shape index (κ2) is 3.93. The Kier molecular flexibility index (Phi) is 2.46. The maximum absolute atomic E-state index is 5.52. The number of hydrogen-bond donors (Lipinski definition) is 1. The van der Waals surface area contributed by atoms with Crippen molar-refractivity contribution >= 4 is 0 Å². The minimum absolute atomic E-state index is 0.480. The summed E-state index contributed by atoms with van der Waals surface area (Å²) in [4.78, 5) is 12.3. The van der Waals surface area contributed by atoms with Crippen molar-refractivity contribution in [3.05, 3.63) is 42.5 Å². The molecular weight excluding hydrogens is 176 g/mol. The van der Waals surface area contributed by atoms with Crippen molar-refractivity contribution in [2.45, 2.75) is 6.54 Å². The Morgan fingerprint density at radius 3 is 2.64 bits per heavy atom. The van der Waals surface area contributed by atoms with Gasteiger partial charge in [-0.15, -0.1) is 0 Å². The van der Waals surface area contributed by atoms with E-state index in [0.717, 1.165) is 11.1 Å². The predicted octanol–water partition coefficient (Wildman–Crippen LogP) is 0.997. The van der Waals surface area contributed by atoms with Gasteiger partial charge in [-0.2, -0.15) is 0 Å². The fourth-order valence-electron chi connectivity index (χ4n) is 1.17. The van der Waals surface area contributed by atoms with E-state index in [1.165, 1.54) is 0 Å². The van der Waals surface area contributed by atoms with Gasteiger partial charge in [0.05, 0.1) is 0 Å². The fourth-order valence-corrected chi connectivity index (χ4v) is 1.17. The summed E-state index contributed by atoms with van der Waals surface area (Å²) in [6, 6.07) is 3.73. The molecule has 0 aliphatic carbocycles. The maximum Gasteiger partial charge on any atom is 0.160 e. The molecular formula is C10H10N4. The van der Waals surface area contributed by atoms with Crippen LogP contribution in [-0.2, 0) is 6.54 Å². The second-order valence-corrected chi connectivity index (χ2v) is 2.86. The average molecular weight is 186 g/mol. The summed E-state index contributed by atoms with van der Waals surface area (Å²) in [7, 11) is 0. The van der Waals surface area contributed by atoms with Crippen LogP contribution in [0, 0.1) is 0 Å². The number of pyridine rings is 1. The van der Waals surface area contributed by atoms with E-state index in [-0.39, 0.29) is 0 Å². The third kappa shape index (κ3) is 1.75. The Morgan fingerprint density at radius 2 is 1.93 bits per heavy atom. The zero-order valence-electron chi connectivity index (χ0n) is 7.59. The molecule has 2 heterocycles. The van der Waals surface area contributed by atoms with Crippen LogP contribution in [0.2, 0.25) is 0 Å². The Hall–Kier alpha value is -1.81. The van der Waals surface area contributed by atoms with E-state index in [4.69, 9.17) is 5.73 Å². The molecule has 70 valence electrons. The van der Waals surface area contributed by atoms with Gasteiger partial charge in [0.1, 0.15) is 0 Å². The molecule has 0 fully saturated rings. The number of nitrogens with zero attached hydrogens (tertiary/aromatic N) is 3. The van der Waals surface area contributed by atoms with Crippen molar-refractivity contribution in [2.24, 2.45) is 5.73 Å². The molecule has 0 atom stereocenters. The molecule has 4 heteroatoms. The Morgan fingerprint density at radius 1 is 1.14 bits per heavy atom. The van der Waals surface area contributed by atoms with Crippen LogP contribution in [0.3, 0.4) is 0 Å². The Labute approximate surface area is 81.9 Å². The van der Waals surface area contributed by atoms with Crippen LogP contribution in [0.5, 0.6) is 0 Å². The SMILES string of the molecule is NCc1cncc(-c2ncccn2)c1.